The van der Waals surface area contributed by atoms with E-state index in [0.717, 1.165) is 0 Å². The number of morpholine rings is 1. The van der Waals surface area contributed by atoms with Crippen molar-refractivity contribution in [1.29, 1.82) is 0 Å². The summed E-state index contributed by atoms with van der Waals surface area (Å²) in [5.74, 6) is -0.907. The third-order valence-corrected chi connectivity index (χ3v) is 3.35. The van der Waals surface area contributed by atoms with Crippen LogP contribution in [0.15, 0.2) is 0 Å². The fourth-order valence-corrected chi connectivity index (χ4v) is 2.01. The van der Waals surface area contributed by atoms with Gasteiger partial charge in [0.25, 0.3) is 0 Å². The highest BCUT2D eigenvalue weighted by atomic mass is 16.5. The predicted molar refractivity (Wildman–Crippen MR) is 71.0 cm³/mol. The molecule has 1 fully saturated rings. The highest BCUT2D eigenvalue weighted by Gasteiger charge is 2.31. The Balaban J connectivity index is 2.67. The minimum Gasteiger partial charge on any atom is -0.481 e. The maximum Gasteiger partial charge on any atom is 0.318 e. The van der Waals surface area contributed by atoms with Crippen LogP contribution in [0.3, 0.4) is 0 Å². The van der Waals surface area contributed by atoms with Crippen molar-refractivity contribution in [3.8, 4) is 0 Å². The lowest BCUT2D eigenvalue weighted by molar-refractivity contribution is -0.138. The molecule has 2 amide bonds. The van der Waals surface area contributed by atoms with Crippen LogP contribution in [0.5, 0.6) is 0 Å². The van der Waals surface area contributed by atoms with Gasteiger partial charge in [-0.2, -0.15) is 0 Å². The first-order chi connectivity index (χ1) is 8.71. The van der Waals surface area contributed by atoms with Crippen LogP contribution in [-0.4, -0.2) is 53.8 Å². The van der Waals surface area contributed by atoms with Gasteiger partial charge in [0.05, 0.1) is 25.7 Å². The summed E-state index contributed by atoms with van der Waals surface area (Å²) in [7, 11) is 0. The molecule has 2 atom stereocenters. The molecular formula is C13H24N2O4. The molecule has 1 aliphatic heterocycles. The van der Waals surface area contributed by atoms with E-state index in [4.69, 9.17) is 9.84 Å². The van der Waals surface area contributed by atoms with Gasteiger partial charge in [0.2, 0.25) is 0 Å². The van der Waals surface area contributed by atoms with E-state index < -0.39 is 12.0 Å². The molecule has 0 bridgehead atoms. The average molecular weight is 272 g/mol. The van der Waals surface area contributed by atoms with Gasteiger partial charge in [0, 0.05) is 12.6 Å². The molecule has 1 heterocycles. The molecule has 0 radical (unpaired) electrons. The maximum absolute atomic E-state index is 12.2. The molecule has 0 saturated carbocycles. The number of carbonyl (C=O) groups excluding carboxylic acids is 1. The Kier molecular flexibility index (Phi) is 5.17. The first-order valence-electron chi connectivity index (χ1n) is 6.58. The Bertz CT molecular complexity index is 338. The zero-order chi connectivity index (χ0) is 14.6. The van der Waals surface area contributed by atoms with Crippen LogP contribution in [0.25, 0.3) is 0 Å². The van der Waals surface area contributed by atoms with Crippen molar-refractivity contribution in [2.45, 2.75) is 46.2 Å². The zero-order valence-corrected chi connectivity index (χ0v) is 12.1. The van der Waals surface area contributed by atoms with Crippen molar-refractivity contribution < 1.29 is 19.4 Å². The van der Waals surface area contributed by atoms with Gasteiger partial charge in [-0.3, -0.25) is 4.79 Å². The topological polar surface area (TPSA) is 78.9 Å². The second-order valence-corrected chi connectivity index (χ2v) is 6.08. The summed E-state index contributed by atoms with van der Waals surface area (Å²) in [4.78, 5) is 24.8. The molecule has 0 aromatic heterocycles. The van der Waals surface area contributed by atoms with Gasteiger partial charge in [-0.1, -0.05) is 20.8 Å². The number of urea groups is 1. The summed E-state index contributed by atoms with van der Waals surface area (Å²) in [6, 6.07) is -0.594. The Labute approximate surface area is 114 Å². The molecule has 19 heavy (non-hydrogen) atoms. The van der Waals surface area contributed by atoms with Crippen LogP contribution in [0.2, 0.25) is 0 Å². The van der Waals surface area contributed by atoms with Crippen molar-refractivity contribution in [3.63, 3.8) is 0 Å². The molecule has 0 aromatic rings. The fourth-order valence-electron chi connectivity index (χ4n) is 2.01. The smallest absolute Gasteiger partial charge is 0.318 e. The minimum atomic E-state index is -0.907. The first-order valence-corrected chi connectivity index (χ1v) is 6.58. The number of hydrogen-bond donors (Lipinski definition) is 2. The third kappa shape index (κ3) is 4.70. The summed E-state index contributed by atoms with van der Waals surface area (Å²) in [5.41, 5.74) is -0.302. The van der Waals surface area contributed by atoms with Gasteiger partial charge < -0.3 is 20.1 Å². The molecular weight excluding hydrogens is 248 g/mol. The summed E-state index contributed by atoms with van der Waals surface area (Å²) in [5, 5.41) is 11.8. The quantitative estimate of drug-likeness (QED) is 0.812. The van der Waals surface area contributed by atoms with Crippen LogP contribution in [0.4, 0.5) is 4.79 Å². The van der Waals surface area contributed by atoms with E-state index in [9.17, 15) is 9.59 Å². The van der Waals surface area contributed by atoms with E-state index in [-0.39, 0.29) is 23.9 Å². The van der Waals surface area contributed by atoms with Crippen molar-refractivity contribution >= 4 is 12.0 Å². The second-order valence-electron chi connectivity index (χ2n) is 6.08. The Morgan fingerprint density at radius 1 is 1.47 bits per heavy atom. The minimum absolute atomic E-state index is 0.0131. The maximum atomic E-state index is 12.2. The SMILES string of the molecule is CC1COCCN1C(=O)NC(CC(=O)O)C(C)(C)C. The van der Waals surface area contributed by atoms with E-state index in [1.807, 2.05) is 27.7 Å². The summed E-state index contributed by atoms with van der Waals surface area (Å²) in [6.45, 7) is 9.26. The zero-order valence-electron chi connectivity index (χ0n) is 12.1. The largest absolute Gasteiger partial charge is 0.481 e. The first kappa shape index (κ1) is 15.8. The molecule has 110 valence electrons. The predicted octanol–water partition coefficient (Wildman–Crippen LogP) is 1.31. The van der Waals surface area contributed by atoms with Crippen molar-refractivity contribution in [3.05, 3.63) is 0 Å². The van der Waals surface area contributed by atoms with Gasteiger partial charge in [-0.25, -0.2) is 4.79 Å². The molecule has 2 N–H and O–H groups in total. The monoisotopic (exact) mass is 272 g/mol. The number of carbonyl (C=O) groups is 2. The molecule has 0 aromatic carbocycles. The van der Waals surface area contributed by atoms with E-state index >= 15 is 0 Å². The lowest BCUT2D eigenvalue weighted by Crippen LogP contribution is -2.55. The molecule has 1 saturated heterocycles. The normalized spacial score (nSPS) is 21.9. The number of amides is 2. The lowest BCUT2D eigenvalue weighted by atomic mass is 9.85. The van der Waals surface area contributed by atoms with Gasteiger partial charge in [-0.05, 0) is 12.3 Å². The highest BCUT2D eigenvalue weighted by molar-refractivity contribution is 5.76. The standard InChI is InChI=1S/C13H24N2O4/c1-9-8-19-6-5-15(9)12(18)14-10(7-11(16)17)13(2,3)4/h9-10H,5-8H2,1-4H3,(H,14,18)(H,16,17). The second kappa shape index (κ2) is 6.23. The molecule has 2 unspecified atom stereocenters. The highest BCUT2D eigenvalue weighted by Crippen LogP contribution is 2.22. The molecule has 1 aliphatic rings. The number of nitrogens with one attached hydrogen (secondary N) is 1. The number of carboxylic acids is 1. The Hall–Kier alpha value is -1.30. The number of nitrogens with zero attached hydrogens (tertiary/aromatic N) is 1. The van der Waals surface area contributed by atoms with Crippen molar-refractivity contribution in [1.82, 2.24) is 10.2 Å². The average Bonchev–Trinajstić information content (AvgIpc) is 2.26. The van der Waals surface area contributed by atoms with Gasteiger partial charge >= 0.3 is 12.0 Å². The van der Waals surface area contributed by atoms with E-state index in [1.165, 1.54) is 0 Å². The number of hydrogen-bond acceptors (Lipinski definition) is 3. The van der Waals surface area contributed by atoms with Gasteiger partial charge in [0.15, 0.2) is 0 Å². The van der Waals surface area contributed by atoms with E-state index in [0.29, 0.717) is 19.8 Å². The summed E-state index contributed by atoms with van der Waals surface area (Å²) >= 11 is 0. The summed E-state index contributed by atoms with van der Waals surface area (Å²) < 4.78 is 5.28. The van der Waals surface area contributed by atoms with Crippen LogP contribution < -0.4 is 5.32 Å². The van der Waals surface area contributed by atoms with E-state index in [2.05, 4.69) is 5.32 Å². The Morgan fingerprint density at radius 2 is 2.11 bits per heavy atom. The van der Waals surface area contributed by atoms with Gasteiger partial charge in [0.1, 0.15) is 0 Å². The summed E-state index contributed by atoms with van der Waals surface area (Å²) in [6.07, 6.45) is -0.0754. The van der Waals surface area contributed by atoms with Crippen molar-refractivity contribution in [2.75, 3.05) is 19.8 Å². The van der Waals surface area contributed by atoms with E-state index in [1.54, 1.807) is 4.90 Å². The molecule has 6 nitrogen and oxygen atoms in total. The Morgan fingerprint density at radius 3 is 2.58 bits per heavy atom. The van der Waals surface area contributed by atoms with Crippen molar-refractivity contribution in [2.24, 2.45) is 5.41 Å². The molecule has 0 spiro atoms. The number of ether oxygens (including phenoxy) is 1. The van der Waals surface area contributed by atoms with Crippen LogP contribution in [-0.2, 0) is 9.53 Å². The molecule has 6 heteroatoms. The number of carboxylic acid groups (broad SMARTS) is 1. The van der Waals surface area contributed by atoms with Crippen LogP contribution in [0.1, 0.15) is 34.1 Å². The number of aliphatic carboxylic acids is 1. The molecule has 1 rings (SSSR count). The van der Waals surface area contributed by atoms with Crippen LogP contribution in [0, 0.1) is 5.41 Å². The third-order valence-electron chi connectivity index (χ3n) is 3.35. The van der Waals surface area contributed by atoms with Gasteiger partial charge in [-0.15, -0.1) is 0 Å². The lowest BCUT2D eigenvalue weighted by Gasteiger charge is -2.37. The van der Waals surface area contributed by atoms with Crippen LogP contribution >= 0.6 is 0 Å². The fraction of sp³-hybridized carbons (Fsp3) is 0.846. The number of rotatable bonds is 3. The molecule has 0 aliphatic carbocycles.